The van der Waals surface area contributed by atoms with Gasteiger partial charge in [-0.3, -0.25) is 0 Å². The van der Waals surface area contributed by atoms with Crippen molar-refractivity contribution in [1.29, 1.82) is 0 Å². The van der Waals surface area contributed by atoms with Crippen molar-refractivity contribution in [2.75, 3.05) is 12.4 Å². The third-order valence-electron chi connectivity index (χ3n) is 2.85. The maximum Gasteiger partial charge on any atom is 0.232 e. The molecule has 3 rings (SSSR count). The highest BCUT2D eigenvalue weighted by molar-refractivity contribution is 5.84. The second-order valence-corrected chi connectivity index (χ2v) is 4.30. The predicted octanol–water partition coefficient (Wildman–Crippen LogP) is 2.48. The molecule has 6 heteroatoms. The van der Waals surface area contributed by atoms with Crippen molar-refractivity contribution in [3.63, 3.8) is 0 Å². The number of nitrogens with zero attached hydrogens (tertiary/aromatic N) is 4. The van der Waals surface area contributed by atoms with Gasteiger partial charge in [0.15, 0.2) is 17.0 Å². The standard InChI is InChI=1S/C14H13N5O/c1-9-3-5-10(6-4-9)18-14-12-13(16-8-17-14)15-7-11(19-12)20-2/h3-8H,1-2H3,(H,15,16,17,18). The molecule has 0 aliphatic heterocycles. The van der Waals surface area contributed by atoms with Gasteiger partial charge < -0.3 is 10.1 Å². The smallest absolute Gasteiger partial charge is 0.232 e. The van der Waals surface area contributed by atoms with Gasteiger partial charge in [-0.2, -0.15) is 0 Å². The van der Waals surface area contributed by atoms with Crippen molar-refractivity contribution >= 4 is 22.7 Å². The van der Waals surface area contributed by atoms with Crippen LogP contribution in [-0.2, 0) is 0 Å². The minimum Gasteiger partial charge on any atom is -0.480 e. The highest BCUT2D eigenvalue weighted by Gasteiger charge is 2.08. The highest BCUT2D eigenvalue weighted by Crippen LogP contribution is 2.22. The summed E-state index contributed by atoms with van der Waals surface area (Å²) < 4.78 is 5.09. The summed E-state index contributed by atoms with van der Waals surface area (Å²) in [4.78, 5) is 16.8. The SMILES string of the molecule is COc1cnc2ncnc(Nc3ccc(C)cc3)c2n1. The average molecular weight is 267 g/mol. The van der Waals surface area contributed by atoms with Gasteiger partial charge in [-0.05, 0) is 19.1 Å². The van der Waals surface area contributed by atoms with E-state index < -0.39 is 0 Å². The maximum atomic E-state index is 5.09. The van der Waals surface area contributed by atoms with Crippen LogP contribution < -0.4 is 10.1 Å². The lowest BCUT2D eigenvalue weighted by molar-refractivity contribution is 0.397. The topological polar surface area (TPSA) is 72.8 Å². The van der Waals surface area contributed by atoms with E-state index in [1.807, 2.05) is 31.2 Å². The van der Waals surface area contributed by atoms with Crippen LogP contribution in [0.3, 0.4) is 0 Å². The number of hydrogen-bond acceptors (Lipinski definition) is 6. The molecule has 0 saturated heterocycles. The van der Waals surface area contributed by atoms with Gasteiger partial charge in [0, 0.05) is 5.69 Å². The first-order valence-corrected chi connectivity index (χ1v) is 6.12. The van der Waals surface area contributed by atoms with E-state index in [-0.39, 0.29) is 0 Å². The molecule has 2 aromatic heterocycles. The van der Waals surface area contributed by atoms with Crippen LogP contribution in [0, 0.1) is 6.92 Å². The van der Waals surface area contributed by atoms with E-state index in [0.717, 1.165) is 5.69 Å². The van der Waals surface area contributed by atoms with E-state index in [4.69, 9.17) is 4.74 Å². The summed E-state index contributed by atoms with van der Waals surface area (Å²) in [5, 5.41) is 3.22. The molecule has 0 amide bonds. The largest absolute Gasteiger partial charge is 0.480 e. The Morgan fingerprint density at radius 1 is 1.05 bits per heavy atom. The molecule has 0 atom stereocenters. The van der Waals surface area contributed by atoms with Crippen molar-refractivity contribution in [2.24, 2.45) is 0 Å². The third-order valence-corrected chi connectivity index (χ3v) is 2.85. The van der Waals surface area contributed by atoms with Crippen molar-refractivity contribution in [2.45, 2.75) is 6.92 Å². The first kappa shape index (κ1) is 12.3. The van der Waals surface area contributed by atoms with E-state index in [1.165, 1.54) is 18.1 Å². The van der Waals surface area contributed by atoms with E-state index in [9.17, 15) is 0 Å². The molecule has 0 radical (unpaired) electrons. The lowest BCUT2D eigenvalue weighted by Gasteiger charge is -2.08. The minimum atomic E-state index is 0.430. The molecule has 6 nitrogen and oxygen atoms in total. The number of hydrogen-bond donors (Lipinski definition) is 1. The van der Waals surface area contributed by atoms with Crippen LogP contribution >= 0.6 is 0 Å². The molecule has 1 N–H and O–H groups in total. The van der Waals surface area contributed by atoms with Gasteiger partial charge in [-0.15, -0.1) is 0 Å². The first-order valence-electron chi connectivity index (χ1n) is 6.12. The molecule has 1 aromatic carbocycles. The van der Waals surface area contributed by atoms with E-state index in [2.05, 4.69) is 25.3 Å². The van der Waals surface area contributed by atoms with Gasteiger partial charge in [0.2, 0.25) is 5.88 Å². The van der Waals surface area contributed by atoms with Crippen LogP contribution in [0.25, 0.3) is 11.2 Å². The van der Waals surface area contributed by atoms with Gasteiger partial charge in [-0.25, -0.2) is 19.9 Å². The Morgan fingerprint density at radius 2 is 1.85 bits per heavy atom. The Balaban J connectivity index is 2.04. The molecular weight excluding hydrogens is 254 g/mol. The molecule has 0 aliphatic rings. The van der Waals surface area contributed by atoms with Gasteiger partial charge >= 0.3 is 0 Å². The third kappa shape index (κ3) is 2.35. The van der Waals surface area contributed by atoms with Gasteiger partial charge in [0.05, 0.1) is 13.3 Å². The average Bonchev–Trinajstić information content (AvgIpc) is 2.49. The fourth-order valence-corrected chi connectivity index (χ4v) is 1.79. The first-order chi connectivity index (χ1) is 9.76. The molecular formula is C14H13N5O. The summed E-state index contributed by atoms with van der Waals surface area (Å²) in [5.74, 6) is 1.03. The quantitative estimate of drug-likeness (QED) is 0.786. The van der Waals surface area contributed by atoms with Crippen LogP contribution in [0.1, 0.15) is 5.56 Å². The van der Waals surface area contributed by atoms with Crippen LogP contribution in [0.4, 0.5) is 11.5 Å². The second-order valence-electron chi connectivity index (χ2n) is 4.30. The molecule has 0 saturated carbocycles. The summed E-state index contributed by atoms with van der Waals surface area (Å²) in [6, 6.07) is 8.02. The summed E-state index contributed by atoms with van der Waals surface area (Å²) in [5.41, 5.74) is 3.23. The number of ether oxygens (including phenoxy) is 1. The Kier molecular flexibility index (Phi) is 3.12. The predicted molar refractivity (Wildman–Crippen MR) is 76.1 cm³/mol. The molecule has 0 bridgehead atoms. The molecule has 2 heterocycles. The van der Waals surface area contributed by atoms with Crippen molar-refractivity contribution in [3.8, 4) is 5.88 Å². The normalized spacial score (nSPS) is 10.5. The molecule has 0 aliphatic carbocycles. The van der Waals surface area contributed by atoms with E-state index in [1.54, 1.807) is 7.11 Å². The Bertz CT molecular complexity index is 742. The minimum absolute atomic E-state index is 0.430. The maximum absolute atomic E-state index is 5.09. The fourth-order valence-electron chi connectivity index (χ4n) is 1.79. The molecule has 0 unspecified atom stereocenters. The van der Waals surface area contributed by atoms with Gasteiger partial charge in [-0.1, -0.05) is 17.7 Å². The van der Waals surface area contributed by atoms with Crippen molar-refractivity contribution in [1.82, 2.24) is 19.9 Å². The van der Waals surface area contributed by atoms with E-state index >= 15 is 0 Å². The number of methoxy groups -OCH3 is 1. The lowest BCUT2D eigenvalue weighted by Crippen LogP contribution is -2.00. The number of aromatic nitrogens is 4. The van der Waals surface area contributed by atoms with Crippen LogP contribution in [0.15, 0.2) is 36.8 Å². The monoisotopic (exact) mass is 267 g/mol. The van der Waals surface area contributed by atoms with Crippen molar-refractivity contribution in [3.05, 3.63) is 42.4 Å². The molecule has 0 fully saturated rings. The number of rotatable bonds is 3. The zero-order chi connectivity index (χ0) is 13.9. The second kappa shape index (κ2) is 5.08. The lowest BCUT2D eigenvalue weighted by atomic mass is 10.2. The number of nitrogens with one attached hydrogen (secondary N) is 1. The van der Waals surface area contributed by atoms with Crippen LogP contribution in [0.2, 0.25) is 0 Å². The molecule has 20 heavy (non-hydrogen) atoms. The Morgan fingerprint density at radius 3 is 2.60 bits per heavy atom. The number of anilines is 2. The van der Waals surface area contributed by atoms with Crippen LogP contribution in [0.5, 0.6) is 5.88 Å². The summed E-state index contributed by atoms with van der Waals surface area (Å²) in [6.07, 6.45) is 2.99. The number of fused-ring (bicyclic) bond motifs is 1. The zero-order valence-corrected chi connectivity index (χ0v) is 11.2. The Labute approximate surface area is 115 Å². The summed E-state index contributed by atoms with van der Waals surface area (Å²) in [6.45, 7) is 2.04. The number of benzene rings is 1. The molecule has 0 spiro atoms. The summed E-state index contributed by atoms with van der Waals surface area (Å²) >= 11 is 0. The molecule has 100 valence electrons. The van der Waals surface area contributed by atoms with E-state index in [0.29, 0.717) is 22.9 Å². The number of aryl methyl sites for hydroxylation is 1. The molecule has 3 aromatic rings. The summed E-state index contributed by atoms with van der Waals surface area (Å²) in [7, 11) is 1.55. The fraction of sp³-hybridized carbons (Fsp3) is 0.143. The van der Waals surface area contributed by atoms with Gasteiger partial charge in [0.1, 0.15) is 6.33 Å². The Hall–Kier alpha value is -2.76. The van der Waals surface area contributed by atoms with Gasteiger partial charge in [0.25, 0.3) is 0 Å². The van der Waals surface area contributed by atoms with Crippen molar-refractivity contribution < 1.29 is 4.74 Å². The highest BCUT2D eigenvalue weighted by atomic mass is 16.5. The zero-order valence-electron chi connectivity index (χ0n) is 11.2. The van der Waals surface area contributed by atoms with Crippen LogP contribution in [-0.4, -0.2) is 27.0 Å².